The Bertz CT molecular complexity index is 932. The summed E-state index contributed by atoms with van der Waals surface area (Å²) in [6.07, 6.45) is 0. The number of hydrogen-bond donors (Lipinski definition) is 0. The summed E-state index contributed by atoms with van der Waals surface area (Å²) in [6.45, 7) is 8.98. The van der Waals surface area contributed by atoms with E-state index < -0.39 is 27.6 Å². The van der Waals surface area contributed by atoms with Crippen molar-refractivity contribution in [3.8, 4) is 5.75 Å². The Kier molecular flexibility index (Phi) is 7.66. The lowest BCUT2D eigenvalue weighted by Gasteiger charge is -2.34. The molecule has 0 aliphatic heterocycles. The van der Waals surface area contributed by atoms with E-state index in [9.17, 15) is 13.2 Å². The minimum atomic E-state index is -3.99. The Morgan fingerprint density at radius 3 is 2.03 bits per heavy atom. The number of ether oxygens (including phenoxy) is 2. The van der Waals surface area contributed by atoms with Crippen molar-refractivity contribution in [3.63, 3.8) is 0 Å². The molecule has 2 aromatic rings. The zero-order valence-electron chi connectivity index (χ0n) is 18.5. The van der Waals surface area contributed by atoms with E-state index in [4.69, 9.17) is 9.47 Å². The fourth-order valence-corrected chi connectivity index (χ4v) is 4.76. The van der Waals surface area contributed by atoms with E-state index in [0.717, 1.165) is 5.56 Å². The van der Waals surface area contributed by atoms with Crippen LogP contribution in [0.25, 0.3) is 0 Å². The van der Waals surface area contributed by atoms with Crippen molar-refractivity contribution < 1.29 is 22.7 Å². The van der Waals surface area contributed by atoms with Gasteiger partial charge in [-0.3, -0.25) is 4.79 Å². The van der Waals surface area contributed by atoms with E-state index in [1.165, 1.54) is 23.5 Å². The van der Waals surface area contributed by atoms with Gasteiger partial charge in [0, 0.05) is 6.54 Å². The lowest BCUT2D eigenvalue weighted by molar-refractivity contribution is -0.161. The quantitative estimate of drug-likeness (QED) is 0.582. The Labute approximate surface area is 179 Å². The van der Waals surface area contributed by atoms with Crippen LogP contribution in [0.15, 0.2) is 59.5 Å². The van der Waals surface area contributed by atoms with Crippen LogP contribution in [0.1, 0.15) is 40.2 Å². The summed E-state index contributed by atoms with van der Waals surface area (Å²) in [6, 6.07) is 14.4. The highest BCUT2D eigenvalue weighted by Gasteiger charge is 2.40. The summed E-state index contributed by atoms with van der Waals surface area (Å²) < 4.78 is 39.2. The van der Waals surface area contributed by atoms with E-state index in [-0.39, 0.29) is 17.4 Å². The molecule has 0 aromatic heterocycles. The topological polar surface area (TPSA) is 72.9 Å². The number of sulfonamides is 1. The average molecular weight is 434 g/mol. The molecule has 0 fully saturated rings. The second-order valence-corrected chi connectivity index (χ2v) is 10.3. The predicted molar refractivity (Wildman–Crippen MR) is 117 cm³/mol. The SMILES string of the molecule is COc1ccc(S(=O)(=O)N(Cc2ccccc2)[C@H](C(=O)OC(C)(C)C)C(C)C)cc1. The van der Waals surface area contributed by atoms with Crippen LogP contribution < -0.4 is 4.74 Å². The number of benzene rings is 2. The Morgan fingerprint density at radius 1 is 1.00 bits per heavy atom. The first kappa shape index (κ1) is 23.9. The third-order valence-electron chi connectivity index (χ3n) is 4.44. The zero-order chi connectivity index (χ0) is 22.5. The van der Waals surface area contributed by atoms with Crippen LogP contribution in [-0.2, 0) is 26.1 Å². The lowest BCUT2D eigenvalue weighted by atomic mass is 10.0. The van der Waals surface area contributed by atoms with Gasteiger partial charge < -0.3 is 9.47 Å². The van der Waals surface area contributed by atoms with Gasteiger partial charge in [-0.15, -0.1) is 0 Å². The smallest absolute Gasteiger partial charge is 0.325 e. The van der Waals surface area contributed by atoms with Gasteiger partial charge in [0.05, 0.1) is 12.0 Å². The van der Waals surface area contributed by atoms with Crippen molar-refractivity contribution >= 4 is 16.0 Å². The van der Waals surface area contributed by atoms with E-state index in [0.29, 0.717) is 5.75 Å². The maximum Gasteiger partial charge on any atom is 0.325 e. The third kappa shape index (κ3) is 6.06. The molecule has 2 aromatic carbocycles. The molecule has 0 N–H and O–H groups in total. The molecular weight excluding hydrogens is 402 g/mol. The Morgan fingerprint density at radius 2 is 1.57 bits per heavy atom. The molecule has 30 heavy (non-hydrogen) atoms. The number of rotatable bonds is 8. The average Bonchev–Trinajstić information content (AvgIpc) is 2.66. The van der Waals surface area contributed by atoms with Crippen molar-refractivity contribution in [2.75, 3.05) is 7.11 Å². The molecule has 0 bridgehead atoms. The van der Waals surface area contributed by atoms with E-state index >= 15 is 0 Å². The molecule has 0 saturated heterocycles. The van der Waals surface area contributed by atoms with Crippen LogP contribution >= 0.6 is 0 Å². The number of esters is 1. The van der Waals surface area contributed by atoms with Gasteiger partial charge in [-0.25, -0.2) is 8.42 Å². The van der Waals surface area contributed by atoms with Gasteiger partial charge in [0.25, 0.3) is 0 Å². The summed E-state index contributed by atoms with van der Waals surface area (Å²) >= 11 is 0. The number of hydrogen-bond acceptors (Lipinski definition) is 5. The molecule has 0 radical (unpaired) electrons. The normalized spacial score (nSPS) is 13.3. The zero-order valence-corrected chi connectivity index (χ0v) is 19.3. The Balaban J connectivity index is 2.55. The second kappa shape index (κ2) is 9.62. The van der Waals surface area contributed by atoms with E-state index in [1.54, 1.807) is 32.9 Å². The largest absolute Gasteiger partial charge is 0.497 e. The van der Waals surface area contributed by atoms with E-state index in [1.807, 2.05) is 44.2 Å². The highest BCUT2D eigenvalue weighted by Crippen LogP contribution is 2.27. The molecular formula is C23H31NO5S. The minimum Gasteiger partial charge on any atom is -0.497 e. The summed E-state index contributed by atoms with van der Waals surface area (Å²) in [7, 11) is -2.48. The molecule has 6 nitrogen and oxygen atoms in total. The molecule has 7 heteroatoms. The first-order chi connectivity index (χ1) is 14.0. The van der Waals surface area contributed by atoms with Crippen molar-refractivity contribution in [2.24, 2.45) is 5.92 Å². The predicted octanol–water partition coefficient (Wildman–Crippen LogP) is 4.25. The highest BCUT2D eigenvalue weighted by molar-refractivity contribution is 7.89. The lowest BCUT2D eigenvalue weighted by Crippen LogP contribution is -2.49. The molecule has 0 aliphatic rings. The van der Waals surface area contributed by atoms with Gasteiger partial charge in [-0.05, 0) is 56.5 Å². The standard InChI is InChI=1S/C23H31NO5S/c1-17(2)21(22(25)29-23(3,4)5)24(16-18-10-8-7-9-11-18)30(26,27)20-14-12-19(28-6)13-15-20/h7-15,17,21H,16H2,1-6H3/t21-/m0/s1. The first-order valence-electron chi connectivity index (χ1n) is 9.88. The third-order valence-corrected chi connectivity index (χ3v) is 6.28. The van der Waals surface area contributed by atoms with Gasteiger partial charge >= 0.3 is 5.97 Å². The van der Waals surface area contributed by atoms with Crippen LogP contribution in [-0.4, -0.2) is 37.4 Å². The molecule has 164 valence electrons. The first-order valence-corrected chi connectivity index (χ1v) is 11.3. The fraction of sp³-hybridized carbons (Fsp3) is 0.435. The van der Waals surface area contributed by atoms with Gasteiger partial charge in [0.15, 0.2) is 0 Å². The van der Waals surface area contributed by atoms with Crippen LogP contribution in [0.2, 0.25) is 0 Å². The monoisotopic (exact) mass is 433 g/mol. The van der Waals surface area contributed by atoms with Crippen molar-refractivity contribution in [1.29, 1.82) is 0 Å². The maximum absolute atomic E-state index is 13.6. The van der Waals surface area contributed by atoms with Crippen LogP contribution in [0.3, 0.4) is 0 Å². The Hall–Kier alpha value is -2.38. The molecule has 0 amide bonds. The molecule has 1 atom stereocenters. The maximum atomic E-state index is 13.6. The van der Waals surface area contributed by atoms with Gasteiger partial charge in [-0.1, -0.05) is 44.2 Å². The van der Waals surface area contributed by atoms with Crippen molar-refractivity contribution in [2.45, 2.75) is 57.7 Å². The number of carbonyl (C=O) groups excluding carboxylic acids is 1. The summed E-state index contributed by atoms with van der Waals surface area (Å²) in [5.41, 5.74) is 0.0516. The van der Waals surface area contributed by atoms with Crippen LogP contribution in [0.5, 0.6) is 5.75 Å². The fourth-order valence-electron chi connectivity index (χ4n) is 3.06. The molecule has 0 spiro atoms. The summed E-state index contributed by atoms with van der Waals surface area (Å²) in [5.74, 6) is -0.307. The number of carbonyl (C=O) groups is 1. The van der Waals surface area contributed by atoms with Gasteiger partial charge in [-0.2, -0.15) is 4.31 Å². The highest BCUT2D eigenvalue weighted by atomic mass is 32.2. The van der Waals surface area contributed by atoms with E-state index in [2.05, 4.69) is 0 Å². The minimum absolute atomic E-state index is 0.0529. The molecule has 0 aliphatic carbocycles. The molecule has 0 heterocycles. The summed E-state index contributed by atoms with van der Waals surface area (Å²) in [4.78, 5) is 13.2. The number of nitrogens with zero attached hydrogens (tertiary/aromatic N) is 1. The van der Waals surface area contributed by atoms with Crippen molar-refractivity contribution in [3.05, 3.63) is 60.2 Å². The molecule has 2 rings (SSSR count). The second-order valence-electron chi connectivity index (χ2n) is 8.43. The van der Waals surface area contributed by atoms with Gasteiger partial charge in [0.2, 0.25) is 10.0 Å². The van der Waals surface area contributed by atoms with Crippen LogP contribution in [0, 0.1) is 5.92 Å². The van der Waals surface area contributed by atoms with Gasteiger partial charge in [0.1, 0.15) is 17.4 Å². The van der Waals surface area contributed by atoms with Crippen LogP contribution in [0.4, 0.5) is 0 Å². The molecule has 0 saturated carbocycles. The number of methoxy groups -OCH3 is 1. The van der Waals surface area contributed by atoms with Crippen molar-refractivity contribution in [1.82, 2.24) is 4.31 Å². The summed E-state index contributed by atoms with van der Waals surface area (Å²) in [5, 5.41) is 0. The molecule has 0 unspecified atom stereocenters.